The molecule has 1 fully saturated rings. The van der Waals surface area contributed by atoms with E-state index in [1.165, 1.54) is 29.3 Å². The Morgan fingerprint density at radius 3 is 3.05 bits per heavy atom. The molecule has 2 nitrogen and oxygen atoms in total. The smallest absolute Gasteiger partial charge is 0.0495 e. The lowest BCUT2D eigenvalue weighted by Gasteiger charge is -2.21. The molecule has 1 heterocycles. The Hall–Kier alpha value is -0.380. The SMILES string of the molecule is CCCNC(Cc1cccc(Br)c1)CC1CCOC1. The molecule has 3 heteroatoms. The average Bonchev–Trinajstić information content (AvgIpc) is 2.89. The third kappa shape index (κ3) is 5.25. The highest BCUT2D eigenvalue weighted by molar-refractivity contribution is 9.10. The van der Waals surface area contributed by atoms with Gasteiger partial charge in [0.1, 0.15) is 0 Å². The minimum Gasteiger partial charge on any atom is -0.381 e. The van der Waals surface area contributed by atoms with Crippen molar-refractivity contribution in [2.24, 2.45) is 5.92 Å². The Kier molecular flexibility index (Phi) is 6.35. The van der Waals surface area contributed by atoms with E-state index in [1.54, 1.807) is 0 Å². The van der Waals surface area contributed by atoms with Crippen molar-refractivity contribution in [3.8, 4) is 0 Å². The van der Waals surface area contributed by atoms with E-state index in [2.05, 4.69) is 52.4 Å². The van der Waals surface area contributed by atoms with Gasteiger partial charge in [0.05, 0.1) is 0 Å². The summed E-state index contributed by atoms with van der Waals surface area (Å²) in [6.07, 6.45) is 4.75. The van der Waals surface area contributed by atoms with Gasteiger partial charge >= 0.3 is 0 Å². The number of ether oxygens (including phenoxy) is 1. The lowest BCUT2D eigenvalue weighted by Crippen LogP contribution is -2.34. The van der Waals surface area contributed by atoms with Crippen LogP contribution in [0.4, 0.5) is 0 Å². The Labute approximate surface area is 125 Å². The van der Waals surface area contributed by atoms with Gasteiger partial charge in [-0.15, -0.1) is 0 Å². The number of halogens is 1. The molecule has 1 aromatic carbocycles. The molecule has 1 N–H and O–H groups in total. The van der Waals surface area contributed by atoms with Gasteiger partial charge in [-0.05, 0) is 55.8 Å². The van der Waals surface area contributed by atoms with Crippen molar-refractivity contribution < 1.29 is 4.74 Å². The van der Waals surface area contributed by atoms with E-state index in [9.17, 15) is 0 Å². The summed E-state index contributed by atoms with van der Waals surface area (Å²) >= 11 is 3.55. The number of rotatable bonds is 7. The van der Waals surface area contributed by atoms with Crippen molar-refractivity contribution in [3.05, 3.63) is 34.3 Å². The molecule has 0 aliphatic carbocycles. The van der Waals surface area contributed by atoms with Gasteiger partial charge in [-0.25, -0.2) is 0 Å². The summed E-state index contributed by atoms with van der Waals surface area (Å²) in [5.74, 6) is 0.738. The summed E-state index contributed by atoms with van der Waals surface area (Å²) < 4.78 is 6.67. The zero-order valence-electron chi connectivity index (χ0n) is 11.7. The Morgan fingerprint density at radius 1 is 1.47 bits per heavy atom. The number of benzene rings is 1. The van der Waals surface area contributed by atoms with Crippen molar-refractivity contribution in [2.45, 2.75) is 38.6 Å². The lowest BCUT2D eigenvalue weighted by atomic mass is 9.94. The Morgan fingerprint density at radius 2 is 2.37 bits per heavy atom. The van der Waals surface area contributed by atoms with Gasteiger partial charge in [0.15, 0.2) is 0 Å². The quantitative estimate of drug-likeness (QED) is 0.823. The van der Waals surface area contributed by atoms with Crippen molar-refractivity contribution in [1.29, 1.82) is 0 Å². The van der Waals surface area contributed by atoms with Gasteiger partial charge in [0.25, 0.3) is 0 Å². The lowest BCUT2D eigenvalue weighted by molar-refractivity contribution is 0.181. The zero-order chi connectivity index (χ0) is 13.5. The molecule has 1 aliphatic rings. The molecule has 0 amide bonds. The van der Waals surface area contributed by atoms with E-state index >= 15 is 0 Å². The first-order chi connectivity index (χ1) is 9.28. The molecule has 0 radical (unpaired) electrons. The molecule has 0 spiro atoms. The van der Waals surface area contributed by atoms with Crippen molar-refractivity contribution >= 4 is 15.9 Å². The topological polar surface area (TPSA) is 21.3 Å². The zero-order valence-corrected chi connectivity index (χ0v) is 13.3. The second kappa shape index (κ2) is 8.03. The Bertz CT molecular complexity index is 377. The second-order valence-corrected chi connectivity index (χ2v) is 6.37. The van der Waals surface area contributed by atoms with Gasteiger partial charge < -0.3 is 10.1 Å². The predicted molar refractivity (Wildman–Crippen MR) is 83.5 cm³/mol. The third-order valence-corrected chi connectivity index (χ3v) is 4.19. The maximum atomic E-state index is 5.50. The minimum atomic E-state index is 0.570. The summed E-state index contributed by atoms with van der Waals surface area (Å²) in [6.45, 7) is 5.22. The number of hydrogen-bond acceptors (Lipinski definition) is 2. The van der Waals surface area contributed by atoms with Gasteiger partial charge in [0.2, 0.25) is 0 Å². The molecule has 106 valence electrons. The second-order valence-electron chi connectivity index (χ2n) is 5.45. The highest BCUT2D eigenvalue weighted by atomic mass is 79.9. The third-order valence-electron chi connectivity index (χ3n) is 3.70. The molecule has 2 unspecified atom stereocenters. The molecular weight excluding hydrogens is 302 g/mol. The molecule has 2 rings (SSSR count). The fourth-order valence-corrected chi connectivity index (χ4v) is 3.15. The van der Waals surface area contributed by atoms with Crippen LogP contribution in [0.25, 0.3) is 0 Å². The maximum absolute atomic E-state index is 5.50. The van der Waals surface area contributed by atoms with Crippen LogP contribution in [-0.2, 0) is 11.2 Å². The van der Waals surface area contributed by atoms with Crippen LogP contribution in [0.2, 0.25) is 0 Å². The van der Waals surface area contributed by atoms with E-state index in [4.69, 9.17) is 4.74 Å². The molecule has 0 bridgehead atoms. The van der Waals surface area contributed by atoms with E-state index in [0.29, 0.717) is 6.04 Å². The highest BCUT2D eigenvalue weighted by Gasteiger charge is 2.20. The predicted octanol–water partition coefficient (Wildman–Crippen LogP) is 3.79. The largest absolute Gasteiger partial charge is 0.381 e. The summed E-state index contributed by atoms with van der Waals surface area (Å²) in [5.41, 5.74) is 1.40. The first kappa shape index (κ1) is 15.0. The molecule has 0 saturated carbocycles. The molecular formula is C16H24BrNO. The van der Waals surface area contributed by atoms with E-state index < -0.39 is 0 Å². The van der Waals surface area contributed by atoms with Gasteiger partial charge in [-0.3, -0.25) is 0 Å². The monoisotopic (exact) mass is 325 g/mol. The summed E-state index contributed by atoms with van der Waals surface area (Å²) in [4.78, 5) is 0. The number of hydrogen-bond donors (Lipinski definition) is 1. The average molecular weight is 326 g/mol. The molecule has 19 heavy (non-hydrogen) atoms. The van der Waals surface area contributed by atoms with Crippen LogP contribution in [0.15, 0.2) is 28.7 Å². The van der Waals surface area contributed by atoms with E-state index in [0.717, 1.165) is 32.1 Å². The van der Waals surface area contributed by atoms with Crippen LogP contribution in [0.1, 0.15) is 31.7 Å². The fraction of sp³-hybridized carbons (Fsp3) is 0.625. The normalized spacial score (nSPS) is 20.6. The first-order valence-electron chi connectivity index (χ1n) is 7.33. The molecule has 2 atom stereocenters. The van der Waals surface area contributed by atoms with Crippen LogP contribution in [0.5, 0.6) is 0 Å². The molecule has 1 aromatic rings. The van der Waals surface area contributed by atoms with Gasteiger partial charge in [0, 0.05) is 23.7 Å². The van der Waals surface area contributed by atoms with E-state index in [-0.39, 0.29) is 0 Å². The standard InChI is InChI=1S/C16H24BrNO/c1-2-7-18-16(11-14-6-8-19-12-14)10-13-4-3-5-15(17)9-13/h3-5,9,14,16,18H,2,6-8,10-12H2,1H3. The van der Waals surface area contributed by atoms with Gasteiger partial charge in [-0.2, -0.15) is 0 Å². The van der Waals surface area contributed by atoms with Gasteiger partial charge in [-0.1, -0.05) is 35.0 Å². The first-order valence-corrected chi connectivity index (χ1v) is 8.12. The summed E-state index contributed by atoms with van der Waals surface area (Å²) in [6, 6.07) is 9.22. The maximum Gasteiger partial charge on any atom is 0.0495 e. The summed E-state index contributed by atoms with van der Waals surface area (Å²) in [5, 5.41) is 3.69. The summed E-state index contributed by atoms with van der Waals surface area (Å²) in [7, 11) is 0. The van der Waals surface area contributed by atoms with Crippen LogP contribution < -0.4 is 5.32 Å². The highest BCUT2D eigenvalue weighted by Crippen LogP contribution is 2.21. The fourth-order valence-electron chi connectivity index (χ4n) is 2.71. The van der Waals surface area contributed by atoms with Crippen molar-refractivity contribution in [2.75, 3.05) is 19.8 Å². The minimum absolute atomic E-state index is 0.570. The van der Waals surface area contributed by atoms with E-state index in [1.807, 2.05) is 0 Å². The van der Waals surface area contributed by atoms with Crippen LogP contribution >= 0.6 is 15.9 Å². The molecule has 1 saturated heterocycles. The van der Waals surface area contributed by atoms with Crippen LogP contribution in [0.3, 0.4) is 0 Å². The molecule has 1 aliphatic heterocycles. The van der Waals surface area contributed by atoms with Crippen LogP contribution in [-0.4, -0.2) is 25.8 Å². The van der Waals surface area contributed by atoms with Crippen molar-refractivity contribution in [1.82, 2.24) is 5.32 Å². The van der Waals surface area contributed by atoms with Crippen LogP contribution in [0, 0.1) is 5.92 Å². The number of nitrogens with one attached hydrogen (secondary N) is 1. The van der Waals surface area contributed by atoms with Crippen molar-refractivity contribution in [3.63, 3.8) is 0 Å². The molecule has 0 aromatic heterocycles. The Balaban J connectivity index is 1.92.